The average Bonchev–Trinajstić information content (AvgIpc) is 2.59. The van der Waals surface area contributed by atoms with Crippen molar-refractivity contribution in [3.63, 3.8) is 0 Å². The van der Waals surface area contributed by atoms with Gasteiger partial charge in [0.15, 0.2) is 0 Å². The molecule has 2 N–H and O–H groups in total. The fraction of sp³-hybridized carbons (Fsp3) is 0.556. The van der Waals surface area contributed by atoms with E-state index in [1.54, 1.807) is 9.80 Å². The molecule has 1 aliphatic carbocycles. The summed E-state index contributed by atoms with van der Waals surface area (Å²) >= 11 is 12.4. The van der Waals surface area contributed by atoms with Crippen LogP contribution in [0.2, 0.25) is 10.0 Å². The summed E-state index contributed by atoms with van der Waals surface area (Å²) in [7, 11) is 0. The second-order valence-electron chi connectivity index (χ2n) is 7.36. The number of phenols is 1. The molecule has 2 heterocycles. The Kier molecular flexibility index (Phi) is 4.53. The maximum absolute atomic E-state index is 13.0. The fourth-order valence-corrected chi connectivity index (χ4v) is 4.81. The number of benzene rings is 1. The number of aliphatic hydroxyl groups excluding tert-OH is 1. The van der Waals surface area contributed by atoms with E-state index >= 15 is 0 Å². The Morgan fingerprint density at radius 2 is 1.81 bits per heavy atom. The van der Waals surface area contributed by atoms with Crippen molar-refractivity contribution in [2.75, 3.05) is 13.1 Å². The molecule has 0 radical (unpaired) electrons. The maximum atomic E-state index is 13.0. The third-order valence-corrected chi connectivity index (χ3v) is 6.66. The zero-order valence-electron chi connectivity index (χ0n) is 14.1. The van der Waals surface area contributed by atoms with Crippen LogP contribution in [0.3, 0.4) is 0 Å². The molecule has 3 fully saturated rings. The predicted octanol–water partition coefficient (Wildman–Crippen LogP) is 2.14. The fourth-order valence-electron chi connectivity index (χ4n) is 4.33. The molecule has 0 aromatic heterocycles. The van der Waals surface area contributed by atoms with Gasteiger partial charge in [0.25, 0.3) is 0 Å². The lowest BCUT2D eigenvalue weighted by molar-refractivity contribution is -0.164. The number of aromatic hydroxyl groups is 1. The van der Waals surface area contributed by atoms with Crippen LogP contribution >= 0.6 is 23.2 Å². The van der Waals surface area contributed by atoms with Gasteiger partial charge in [-0.05, 0) is 43.7 Å². The van der Waals surface area contributed by atoms with Gasteiger partial charge in [0.2, 0.25) is 11.8 Å². The smallest absolute Gasteiger partial charge is 0.246 e. The summed E-state index contributed by atoms with van der Waals surface area (Å²) in [6.07, 6.45) is 1.68. The van der Waals surface area contributed by atoms with Crippen LogP contribution in [0.5, 0.6) is 5.75 Å². The maximum Gasteiger partial charge on any atom is 0.246 e. The Morgan fingerprint density at radius 3 is 2.50 bits per heavy atom. The molecule has 26 heavy (non-hydrogen) atoms. The van der Waals surface area contributed by atoms with Crippen molar-refractivity contribution in [1.29, 1.82) is 0 Å². The van der Waals surface area contributed by atoms with E-state index < -0.39 is 6.04 Å². The van der Waals surface area contributed by atoms with E-state index in [0.29, 0.717) is 47.8 Å². The standard InChI is InChI=1S/C18H20Cl2N2O4/c19-12-1-2-14(24)16(17(12)20)9-3-4-21-13(5-9)18(26)22(8-15(21)25)10-6-11(23)7-10/h1-2,9-11,13,23-24H,3-8H2. The quantitative estimate of drug-likeness (QED) is 0.799. The summed E-state index contributed by atoms with van der Waals surface area (Å²) in [5, 5.41) is 20.4. The molecule has 1 aromatic carbocycles. The lowest BCUT2D eigenvalue weighted by atomic mass is 9.81. The monoisotopic (exact) mass is 398 g/mol. The van der Waals surface area contributed by atoms with E-state index in [1.807, 2.05) is 0 Å². The molecule has 0 bridgehead atoms. The van der Waals surface area contributed by atoms with Crippen LogP contribution in [0.4, 0.5) is 0 Å². The molecule has 3 aliphatic rings. The molecule has 4 rings (SSSR count). The van der Waals surface area contributed by atoms with Crippen molar-refractivity contribution in [3.8, 4) is 5.75 Å². The SMILES string of the molecule is O=C1C2CC(c3c(O)ccc(Cl)c3Cl)CCN2C(=O)CN1C1CC(O)C1. The van der Waals surface area contributed by atoms with Crippen LogP contribution < -0.4 is 0 Å². The number of carbonyl (C=O) groups excluding carboxylic acids is 2. The number of hydrogen-bond acceptors (Lipinski definition) is 4. The molecule has 2 aliphatic heterocycles. The number of carbonyl (C=O) groups is 2. The van der Waals surface area contributed by atoms with E-state index in [2.05, 4.69) is 0 Å². The van der Waals surface area contributed by atoms with Gasteiger partial charge in [-0.2, -0.15) is 0 Å². The van der Waals surface area contributed by atoms with Crippen molar-refractivity contribution in [3.05, 3.63) is 27.7 Å². The largest absolute Gasteiger partial charge is 0.508 e. The zero-order valence-corrected chi connectivity index (χ0v) is 15.6. The van der Waals surface area contributed by atoms with Crippen LogP contribution in [0.15, 0.2) is 12.1 Å². The third-order valence-electron chi connectivity index (χ3n) is 5.84. The number of piperidine rings is 1. The second kappa shape index (κ2) is 6.59. The van der Waals surface area contributed by atoms with Crippen LogP contribution in [-0.2, 0) is 9.59 Å². The number of piperazine rings is 1. The highest BCUT2D eigenvalue weighted by atomic mass is 35.5. The van der Waals surface area contributed by atoms with Crippen molar-refractivity contribution in [2.45, 2.75) is 49.8 Å². The van der Waals surface area contributed by atoms with Gasteiger partial charge >= 0.3 is 0 Å². The van der Waals surface area contributed by atoms with Gasteiger partial charge in [-0.1, -0.05) is 23.2 Å². The number of rotatable bonds is 2. The van der Waals surface area contributed by atoms with Gasteiger partial charge in [0.1, 0.15) is 18.3 Å². The molecule has 2 amide bonds. The number of aliphatic hydroxyl groups is 1. The summed E-state index contributed by atoms with van der Waals surface area (Å²) in [4.78, 5) is 28.8. The van der Waals surface area contributed by atoms with Crippen molar-refractivity contribution in [2.24, 2.45) is 0 Å². The number of hydrogen-bond donors (Lipinski definition) is 2. The minimum Gasteiger partial charge on any atom is -0.508 e. The highest BCUT2D eigenvalue weighted by Crippen LogP contribution is 2.44. The number of fused-ring (bicyclic) bond motifs is 1. The van der Waals surface area contributed by atoms with Gasteiger partial charge in [-0.25, -0.2) is 0 Å². The van der Waals surface area contributed by atoms with Crippen LogP contribution in [0.25, 0.3) is 0 Å². The first kappa shape index (κ1) is 17.9. The van der Waals surface area contributed by atoms with Gasteiger partial charge in [0.05, 0.1) is 16.1 Å². The lowest BCUT2D eigenvalue weighted by Crippen LogP contribution is -2.65. The molecular formula is C18H20Cl2N2O4. The number of amides is 2. The molecule has 2 saturated heterocycles. The van der Waals surface area contributed by atoms with Crippen molar-refractivity contribution >= 4 is 35.0 Å². The highest BCUT2D eigenvalue weighted by Gasteiger charge is 2.47. The van der Waals surface area contributed by atoms with Gasteiger partial charge < -0.3 is 20.0 Å². The first-order valence-corrected chi connectivity index (χ1v) is 9.57. The summed E-state index contributed by atoms with van der Waals surface area (Å²) in [5.41, 5.74) is 0.551. The molecule has 0 spiro atoms. The third kappa shape index (κ3) is 2.84. The van der Waals surface area contributed by atoms with Crippen molar-refractivity contribution < 1.29 is 19.8 Å². The normalized spacial score (nSPS) is 31.7. The van der Waals surface area contributed by atoms with Crippen molar-refractivity contribution in [1.82, 2.24) is 9.80 Å². The molecule has 1 saturated carbocycles. The Morgan fingerprint density at radius 1 is 1.08 bits per heavy atom. The summed E-state index contributed by atoms with van der Waals surface area (Å²) in [6.45, 7) is 0.532. The summed E-state index contributed by atoms with van der Waals surface area (Å²) < 4.78 is 0. The predicted molar refractivity (Wildman–Crippen MR) is 96.3 cm³/mol. The molecular weight excluding hydrogens is 379 g/mol. The molecule has 1 aromatic rings. The summed E-state index contributed by atoms with van der Waals surface area (Å²) in [5.74, 6) is -0.225. The average molecular weight is 399 g/mol. The van der Waals surface area contributed by atoms with Crippen LogP contribution in [0.1, 0.15) is 37.2 Å². The Balaban J connectivity index is 1.59. The van der Waals surface area contributed by atoms with E-state index in [0.717, 1.165) is 0 Å². The van der Waals surface area contributed by atoms with Crippen LogP contribution in [-0.4, -0.2) is 63.1 Å². The Hall–Kier alpha value is -1.50. The number of halogens is 2. The lowest BCUT2D eigenvalue weighted by Gasteiger charge is -2.49. The minimum atomic E-state index is -0.554. The summed E-state index contributed by atoms with van der Waals surface area (Å²) in [6, 6.07) is 2.43. The van der Waals surface area contributed by atoms with E-state index in [4.69, 9.17) is 23.2 Å². The zero-order chi connectivity index (χ0) is 18.6. The Labute approximate surface area is 161 Å². The molecule has 2 unspecified atom stereocenters. The van der Waals surface area contributed by atoms with E-state index in [1.165, 1.54) is 12.1 Å². The van der Waals surface area contributed by atoms with Gasteiger partial charge in [-0.3, -0.25) is 9.59 Å². The second-order valence-corrected chi connectivity index (χ2v) is 8.15. The number of nitrogens with zero attached hydrogens (tertiary/aromatic N) is 2. The first-order valence-electron chi connectivity index (χ1n) is 8.81. The van der Waals surface area contributed by atoms with E-state index in [9.17, 15) is 19.8 Å². The van der Waals surface area contributed by atoms with Crippen LogP contribution in [0, 0.1) is 0 Å². The molecule has 140 valence electrons. The number of phenolic OH excluding ortho intramolecular Hbond substituents is 1. The molecule has 8 heteroatoms. The highest BCUT2D eigenvalue weighted by molar-refractivity contribution is 6.42. The Bertz CT molecular complexity index is 766. The van der Waals surface area contributed by atoms with Gasteiger partial charge in [-0.15, -0.1) is 0 Å². The molecule has 2 atom stereocenters. The molecule has 6 nitrogen and oxygen atoms in total. The van der Waals surface area contributed by atoms with Gasteiger partial charge in [0, 0.05) is 18.2 Å². The van der Waals surface area contributed by atoms with E-state index in [-0.39, 0.29) is 42.2 Å². The first-order chi connectivity index (χ1) is 12.4. The minimum absolute atomic E-state index is 0.0594. The topological polar surface area (TPSA) is 81.1 Å².